The second kappa shape index (κ2) is 4.91. The van der Waals surface area contributed by atoms with Crippen molar-refractivity contribution in [3.8, 4) is 0 Å². The predicted octanol–water partition coefficient (Wildman–Crippen LogP) is 1.20. The SMILES string of the molecule is CC(C(=O)O)N(C)C(=O)c1csc([N+](=O)[O-])c1. The molecule has 17 heavy (non-hydrogen) atoms. The first kappa shape index (κ1) is 13.1. The zero-order chi connectivity index (χ0) is 13.2. The van der Waals surface area contributed by atoms with Gasteiger partial charge in [0.1, 0.15) is 6.04 Å². The van der Waals surface area contributed by atoms with Crippen molar-refractivity contribution in [2.24, 2.45) is 0 Å². The zero-order valence-corrected chi connectivity index (χ0v) is 9.93. The molecule has 0 aromatic carbocycles. The van der Waals surface area contributed by atoms with Crippen molar-refractivity contribution in [3.05, 3.63) is 27.1 Å². The van der Waals surface area contributed by atoms with Gasteiger partial charge >= 0.3 is 11.0 Å². The van der Waals surface area contributed by atoms with E-state index in [-0.39, 0.29) is 10.6 Å². The van der Waals surface area contributed by atoms with Crippen molar-refractivity contribution >= 4 is 28.2 Å². The minimum atomic E-state index is -1.13. The largest absolute Gasteiger partial charge is 0.480 e. The van der Waals surface area contributed by atoms with E-state index in [1.807, 2.05) is 0 Å². The summed E-state index contributed by atoms with van der Waals surface area (Å²) < 4.78 is 0. The molecule has 1 unspecified atom stereocenters. The number of carboxylic acid groups (broad SMARTS) is 1. The summed E-state index contributed by atoms with van der Waals surface area (Å²) in [5, 5.41) is 20.4. The summed E-state index contributed by atoms with van der Waals surface area (Å²) in [5.41, 5.74) is 0.123. The molecule has 1 amide bonds. The third-order valence-electron chi connectivity index (χ3n) is 2.27. The fourth-order valence-electron chi connectivity index (χ4n) is 1.08. The highest BCUT2D eigenvalue weighted by atomic mass is 32.1. The second-order valence-corrected chi connectivity index (χ2v) is 4.25. The maximum absolute atomic E-state index is 11.8. The lowest BCUT2D eigenvalue weighted by Gasteiger charge is -2.20. The van der Waals surface area contributed by atoms with Crippen LogP contribution in [-0.2, 0) is 4.79 Å². The van der Waals surface area contributed by atoms with Crippen LogP contribution >= 0.6 is 11.3 Å². The normalized spacial score (nSPS) is 11.9. The van der Waals surface area contributed by atoms with E-state index < -0.39 is 22.8 Å². The molecule has 0 aliphatic rings. The van der Waals surface area contributed by atoms with Gasteiger partial charge in [-0.15, -0.1) is 0 Å². The zero-order valence-electron chi connectivity index (χ0n) is 9.11. The van der Waals surface area contributed by atoms with Crippen LogP contribution in [0.15, 0.2) is 11.4 Å². The van der Waals surface area contributed by atoms with E-state index in [0.717, 1.165) is 22.3 Å². The average Bonchev–Trinajstić information content (AvgIpc) is 2.75. The summed E-state index contributed by atoms with van der Waals surface area (Å²) in [6.07, 6.45) is 0. The highest BCUT2D eigenvalue weighted by Gasteiger charge is 2.24. The Morgan fingerprint density at radius 2 is 2.18 bits per heavy atom. The Morgan fingerprint density at radius 1 is 1.59 bits per heavy atom. The van der Waals surface area contributed by atoms with Crippen molar-refractivity contribution in [1.29, 1.82) is 0 Å². The van der Waals surface area contributed by atoms with Crippen LogP contribution in [-0.4, -0.2) is 39.9 Å². The molecule has 0 bridgehead atoms. The maximum atomic E-state index is 11.8. The van der Waals surface area contributed by atoms with E-state index in [4.69, 9.17) is 5.11 Å². The predicted molar refractivity (Wildman–Crippen MR) is 60.2 cm³/mol. The number of carboxylic acids is 1. The van der Waals surface area contributed by atoms with Gasteiger partial charge in [-0.25, -0.2) is 4.79 Å². The van der Waals surface area contributed by atoms with Crippen molar-refractivity contribution < 1.29 is 19.6 Å². The smallest absolute Gasteiger partial charge is 0.326 e. The van der Waals surface area contributed by atoms with Gasteiger partial charge in [0.25, 0.3) is 5.91 Å². The number of carbonyl (C=O) groups excluding carboxylic acids is 1. The van der Waals surface area contributed by atoms with Crippen LogP contribution in [0.1, 0.15) is 17.3 Å². The molecule has 1 N–H and O–H groups in total. The van der Waals surface area contributed by atoms with Crippen LogP contribution in [0, 0.1) is 10.1 Å². The fourth-order valence-corrected chi connectivity index (χ4v) is 1.78. The first-order chi connectivity index (χ1) is 7.84. The van der Waals surface area contributed by atoms with Gasteiger partial charge in [-0.1, -0.05) is 11.3 Å². The summed E-state index contributed by atoms with van der Waals surface area (Å²) in [7, 11) is 1.34. The third-order valence-corrected chi connectivity index (χ3v) is 3.15. The van der Waals surface area contributed by atoms with Crippen LogP contribution < -0.4 is 0 Å². The molecular formula is C9H10N2O5S. The standard InChI is InChI=1S/C9H10N2O5S/c1-5(9(13)14)10(2)8(12)6-3-7(11(15)16)17-4-6/h3-5H,1-2H3,(H,13,14). The molecule has 1 aromatic heterocycles. The van der Waals surface area contributed by atoms with Gasteiger partial charge in [-0.05, 0) is 6.92 Å². The summed E-state index contributed by atoms with van der Waals surface area (Å²) in [6, 6.07) is 0.152. The number of hydrogen-bond acceptors (Lipinski definition) is 5. The molecule has 1 aromatic rings. The van der Waals surface area contributed by atoms with Gasteiger partial charge in [-0.3, -0.25) is 14.9 Å². The monoisotopic (exact) mass is 258 g/mol. The molecule has 92 valence electrons. The number of nitro groups is 1. The molecule has 1 atom stereocenters. The van der Waals surface area contributed by atoms with Gasteiger partial charge < -0.3 is 10.0 Å². The highest BCUT2D eigenvalue weighted by molar-refractivity contribution is 7.13. The van der Waals surface area contributed by atoms with E-state index in [9.17, 15) is 19.7 Å². The number of likely N-dealkylation sites (N-methyl/N-ethyl adjacent to an activating group) is 1. The Bertz CT molecular complexity index is 470. The Labute approximate surface area is 100 Å². The fraction of sp³-hybridized carbons (Fsp3) is 0.333. The van der Waals surface area contributed by atoms with Crippen LogP contribution in [0.25, 0.3) is 0 Å². The topological polar surface area (TPSA) is 101 Å². The van der Waals surface area contributed by atoms with E-state index in [1.54, 1.807) is 0 Å². The Hall–Kier alpha value is -1.96. The van der Waals surface area contributed by atoms with Gasteiger partial charge in [0.15, 0.2) is 0 Å². The number of hydrogen-bond donors (Lipinski definition) is 1. The lowest BCUT2D eigenvalue weighted by atomic mass is 10.2. The van der Waals surface area contributed by atoms with Crippen LogP contribution in [0.4, 0.5) is 5.00 Å². The molecule has 0 aliphatic carbocycles. The molecule has 8 heteroatoms. The third kappa shape index (κ3) is 2.78. The first-order valence-electron chi connectivity index (χ1n) is 4.57. The second-order valence-electron chi connectivity index (χ2n) is 3.36. The molecule has 1 heterocycles. The van der Waals surface area contributed by atoms with Crippen LogP contribution in [0.2, 0.25) is 0 Å². The Kier molecular flexibility index (Phi) is 3.79. The number of thiophene rings is 1. The van der Waals surface area contributed by atoms with E-state index in [1.165, 1.54) is 19.4 Å². The van der Waals surface area contributed by atoms with Gasteiger partial charge in [0, 0.05) is 18.5 Å². The van der Waals surface area contributed by atoms with E-state index in [2.05, 4.69) is 0 Å². The molecule has 0 radical (unpaired) electrons. The van der Waals surface area contributed by atoms with Crippen molar-refractivity contribution in [2.75, 3.05) is 7.05 Å². The number of amides is 1. The van der Waals surface area contributed by atoms with Crippen molar-refractivity contribution in [2.45, 2.75) is 13.0 Å². The molecule has 0 saturated heterocycles. The molecular weight excluding hydrogens is 248 g/mol. The minimum Gasteiger partial charge on any atom is -0.480 e. The number of aliphatic carboxylic acids is 1. The van der Waals surface area contributed by atoms with Gasteiger partial charge in [0.05, 0.1) is 10.5 Å². The summed E-state index contributed by atoms with van der Waals surface area (Å²) in [4.78, 5) is 33.3. The number of rotatable bonds is 4. The molecule has 0 fully saturated rings. The van der Waals surface area contributed by atoms with Gasteiger partial charge in [0.2, 0.25) is 0 Å². The van der Waals surface area contributed by atoms with Crippen molar-refractivity contribution in [3.63, 3.8) is 0 Å². The quantitative estimate of drug-likeness (QED) is 0.646. The Morgan fingerprint density at radius 3 is 2.59 bits per heavy atom. The Balaban J connectivity index is 2.89. The minimum absolute atomic E-state index is 0.123. The molecule has 0 aliphatic heterocycles. The van der Waals surface area contributed by atoms with E-state index >= 15 is 0 Å². The number of nitrogens with zero attached hydrogens (tertiary/aromatic N) is 2. The lowest BCUT2D eigenvalue weighted by molar-refractivity contribution is -0.380. The lowest BCUT2D eigenvalue weighted by Crippen LogP contribution is -2.40. The van der Waals surface area contributed by atoms with Crippen LogP contribution in [0.5, 0.6) is 0 Å². The molecule has 7 nitrogen and oxygen atoms in total. The molecule has 0 spiro atoms. The maximum Gasteiger partial charge on any atom is 0.326 e. The van der Waals surface area contributed by atoms with E-state index in [0.29, 0.717) is 0 Å². The highest BCUT2D eigenvalue weighted by Crippen LogP contribution is 2.23. The van der Waals surface area contributed by atoms with Crippen molar-refractivity contribution in [1.82, 2.24) is 4.90 Å². The molecule has 1 rings (SSSR count). The first-order valence-corrected chi connectivity index (χ1v) is 5.45. The van der Waals surface area contributed by atoms with Crippen LogP contribution in [0.3, 0.4) is 0 Å². The summed E-state index contributed by atoms with van der Waals surface area (Å²) in [6.45, 7) is 1.36. The summed E-state index contributed by atoms with van der Waals surface area (Å²) >= 11 is 0.829. The number of carbonyl (C=O) groups is 2. The average molecular weight is 258 g/mol. The van der Waals surface area contributed by atoms with Gasteiger partial charge in [-0.2, -0.15) is 0 Å². The summed E-state index contributed by atoms with van der Waals surface area (Å²) in [5.74, 6) is -1.69. The molecule has 0 saturated carbocycles.